The standard InChI is InChI=1S/C23H37N3O3/c1-6-25(7-2)16-19-12-9-8-11-18(19)15-24-21(27)20-13-10-14-26(17-20)22(28)29-23(3,4)5/h8-9,11-12,20H,6-7,10,13-17H2,1-5H3,(H,24,27). The molecule has 162 valence electrons. The Morgan fingerprint density at radius 1 is 1.17 bits per heavy atom. The molecule has 6 heteroatoms. The van der Waals surface area contributed by atoms with E-state index < -0.39 is 5.60 Å². The van der Waals surface area contributed by atoms with Crippen molar-refractivity contribution in [2.75, 3.05) is 26.2 Å². The Morgan fingerprint density at radius 3 is 2.45 bits per heavy atom. The number of likely N-dealkylation sites (tertiary alicyclic amines) is 1. The molecule has 1 unspecified atom stereocenters. The first-order chi connectivity index (χ1) is 13.7. The van der Waals surface area contributed by atoms with Crippen molar-refractivity contribution in [2.45, 2.75) is 66.2 Å². The number of nitrogens with one attached hydrogen (secondary N) is 1. The molecule has 1 saturated heterocycles. The number of amides is 2. The molecule has 1 atom stereocenters. The molecular weight excluding hydrogens is 366 g/mol. The van der Waals surface area contributed by atoms with Crippen molar-refractivity contribution in [3.8, 4) is 0 Å². The monoisotopic (exact) mass is 403 g/mol. The van der Waals surface area contributed by atoms with Gasteiger partial charge < -0.3 is 15.0 Å². The van der Waals surface area contributed by atoms with Crippen molar-refractivity contribution in [3.05, 3.63) is 35.4 Å². The quantitative estimate of drug-likeness (QED) is 0.752. The highest BCUT2D eigenvalue weighted by atomic mass is 16.6. The molecule has 0 saturated carbocycles. The van der Waals surface area contributed by atoms with Crippen LogP contribution in [0.2, 0.25) is 0 Å². The molecule has 2 amide bonds. The van der Waals surface area contributed by atoms with E-state index in [1.165, 1.54) is 5.56 Å². The molecule has 1 heterocycles. The molecule has 0 aromatic heterocycles. The van der Waals surface area contributed by atoms with E-state index in [9.17, 15) is 9.59 Å². The van der Waals surface area contributed by atoms with Crippen LogP contribution >= 0.6 is 0 Å². The minimum atomic E-state index is -0.527. The molecule has 1 aromatic carbocycles. The molecule has 1 aromatic rings. The molecule has 0 aliphatic carbocycles. The summed E-state index contributed by atoms with van der Waals surface area (Å²) >= 11 is 0. The highest BCUT2D eigenvalue weighted by Gasteiger charge is 2.30. The summed E-state index contributed by atoms with van der Waals surface area (Å²) in [4.78, 5) is 29.1. The lowest BCUT2D eigenvalue weighted by Crippen LogP contribution is -2.47. The van der Waals surface area contributed by atoms with Gasteiger partial charge in [-0.1, -0.05) is 38.1 Å². The van der Waals surface area contributed by atoms with Gasteiger partial charge in [-0.25, -0.2) is 4.79 Å². The summed E-state index contributed by atoms with van der Waals surface area (Å²) in [6.07, 6.45) is 1.28. The van der Waals surface area contributed by atoms with Crippen molar-refractivity contribution in [1.29, 1.82) is 0 Å². The van der Waals surface area contributed by atoms with Crippen LogP contribution in [0.5, 0.6) is 0 Å². The highest BCUT2D eigenvalue weighted by molar-refractivity contribution is 5.80. The van der Waals surface area contributed by atoms with Gasteiger partial charge in [0.25, 0.3) is 0 Å². The van der Waals surface area contributed by atoms with Crippen LogP contribution in [0, 0.1) is 5.92 Å². The fourth-order valence-corrected chi connectivity index (χ4v) is 3.58. The number of ether oxygens (including phenoxy) is 1. The maximum Gasteiger partial charge on any atom is 0.410 e. The van der Waals surface area contributed by atoms with Crippen LogP contribution in [0.25, 0.3) is 0 Å². The average molecular weight is 404 g/mol. The Hall–Kier alpha value is -2.08. The van der Waals surface area contributed by atoms with Gasteiger partial charge in [0.15, 0.2) is 0 Å². The topological polar surface area (TPSA) is 61.9 Å². The SMILES string of the molecule is CCN(CC)Cc1ccccc1CNC(=O)C1CCCN(C(=O)OC(C)(C)C)C1. The van der Waals surface area contributed by atoms with E-state index in [4.69, 9.17) is 4.74 Å². The summed E-state index contributed by atoms with van der Waals surface area (Å²) in [6, 6.07) is 8.26. The second-order valence-corrected chi connectivity index (χ2v) is 8.71. The van der Waals surface area contributed by atoms with E-state index in [1.807, 2.05) is 32.9 Å². The van der Waals surface area contributed by atoms with Gasteiger partial charge in [-0.15, -0.1) is 0 Å². The van der Waals surface area contributed by atoms with Crippen molar-refractivity contribution in [3.63, 3.8) is 0 Å². The van der Waals surface area contributed by atoms with Gasteiger partial charge >= 0.3 is 6.09 Å². The predicted octanol–water partition coefficient (Wildman–Crippen LogP) is 3.79. The van der Waals surface area contributed by atoms with E-state index in [-0.39, 0.29) is 17.9 Å². The smallest absolute Gasteiger partial charge is 0.410 e. The van der Waals surface area contributed by atoms with Gasteiger partial charge in [-0.3, -0.25) is 9.69 Å². The second kappa shape index (κ2) is 10.6. The fraction of sp³-hybridized carbons (Fsp3) is 0.652. The number of hydrogen-bond donors (Lipinski definition) is 1. The summed E-state index contributed by atoms with van der Waals surface area (Å²) in [5.74, 6) is -0.179. The van der Waals surface area contributed by atoms with Gasteiger partial charge in [-0.05, 0) is 57.8 Å². The maximum absolute atomic E-state index is 12.8. The molecule has 0 spiro atoms. The molecule has 0 bridgehead atoms. The second-order valence-electron chi connectivity index (χ2n) is 8.71. The molecule has 1 fully saturated rings. The Morgan fingerprint density at radius 2 is 1.83 bits per heavy atom. The number of benzene rings is 1. The lowest BCUT2D eigenvalue weighted by Gasteiger charge is -2.33. The summed E-state index contributed by atoms with van der Waals surface area (Å²) in [5.41, 5.74) is 1.86. The average Bonchev–Trinajstić information content (AvgIpc) is 2.69. The third kappa shape index (κ3) is 7.35. The van der Waals surface area contributed by atoms with Gasteiger partial charge in [0, 0.05) is 26.2 Å². The third-order valence-electron chi connectivity index (χ3n) is 5.30. The first-order valence-electron chi connectivity index (χ1n) is 10.8. The maximum atomic E-state index is 12.8. The van der Waals surface area contributed by atoms with Crippen LogP contribution in [-0.2, 0) is 22.6 Å². The largest absolute Gasteiger partial charge is 0.444 e. The Kier molecular flexibility index (Phi) is 8.50. The zero-order chi connectivity index (χ0) is 21.4. The van der Waals surface area contributed by atoms with Crippen LogP contribution in [0.15, 0.2) is 24.3 Å². The molecule has 6 nitrogen and oxygen atoms in total. The number of rotatable bonds is 7. The van der Waals surface area contributed by atoms with Crippen molar-refractivity contribution in [1.82, 2.24) is 15.1 Å². The minimum absolute atomic E-state index is 0.0101. The van der Waals surface area contributed by atoms with Crippen molar-refractivity contribution >= 4 is 12.0 Å². The first-order valence-corrected chi connectivity index (χ1v) is 10.8. The van der Waals surface area contributed by atoms with Crippen molar-refractivity contribution < 1.29 is 14.3 Å². The highest BCUT2D eigenvalue weighted by Crippen LogP contribution is 2.20. The molecule has 0 radical (unpaired) electrons. The van der Waals surface area contributed by atoms with Crippen LogP contribution in [0.1, 0.15) is 58.6 Å². The van der Waals surface area contributed by atoms with Crippen LogP contribution < -0.4 is 5.32 Å². The van der Waals surface area contributed by atoms with E-state index in [0.717, 1.165) is 38.0 Å². The zero-order valence-electron chi connectivity index (χ0n) is 18.7. The summed E-state index contributed by atoms with van der Waals surface area (Å²) in [7, 11) is 0. The van der Waals surface area contributed by atoms with E-state index in [1.54, 1.807) is 4.90 Å². The Bertz CT molecular complexity index is 680. The summed E-state index contributed by atoms with van der Waals surface area (Å²) in [5, 5.41) is 3.09. The first kappa shape index (κ1) is 23.2. The van der Waals surface area contributed by atoms with Gasteiger partial charge in [0.1, 0.15) is 5.60 Å². The van der Waals surface area contributed by atoms with Crippen molar-refractivity contribution in [2.24, 2.45) is 5.92 Å². The molecule has 1 aliphatic heterocycles. The summed E-state index contributed by atoms with van der Waals surface area (Å²) < 4.78 is 5.46. The predicted molar refractivity (Wildman–Crippen MR) is 115 cm³/mol. The van der Waals surface area contributed by atoms with E-state index >= 15 is 0 Å². The fourth-order valence-electron chi connectivity index (χ4n) is 3.58. The zero-order valence-corrected chi connectivity index (χ0v) is 18.7. The number of carbonyl (C=O) groups excluding carboxylic acids is 2. The number of nitrogens with zero attached hydrogens (tertiary/aromatic N) is 2. The number of piperidine rings is 1. The van der Waals surface area contributed by atoms with Gasteiger partial charge in [-0.2, -0.15) is 0 Å². The Labute approximate surface area is 175 Å². The molecular formula is C23H37N3O3. The summed E-state index contributed by atoms with van der Waals surface area (Å²) in [6.45, 7) is 14.3. The molecule has 2 rings (SSSR count). The third-order valence-corrected chi connectivity index (χ3v) is 5.30. The minimum Gasteiger partial charge on any atom is -0.444 e. The number of carbonyl (C=O) groups is 2. The van der Waals surface area contributed by atoms with E-state index in [2.05, 4.69) is 36.2 Å². The lowest BCUT2D eigenvalue weighted by atomic mass is 9.97. The lowest BCUT2D eigenvalue weighted by molar-refractivity contribution is -0.126. The van der Waals surface area contributed by atoms with Gasteiger partial charge in [0.05, 0.1) is 5.92 Å². The van der Waals surface area contributed by atoms with E-state index in [0.29, 0.717) is 19.6 Å². The van der Waals surface area contributed by atoms with Crippen LogP contribution in [-0.4, -0.2) is 53.6 Å². The molecule has 29 heavy (non-hydrogen) atoms. The normalized spacial score (nSPS) is 17.3. The Balaban J connectivity index is 1.93. The molecule has 1 N–H and O–H groups in total. The molecule has 1 aliphatic rings. The van der Waals surface area contributed by atoms with Crippen LogP contribution in [0.3, 0.4) is 0 Å². The van der Waals surface area contributed by atoms with Crippen LogP contribution in [0.4, 0.5) is 4.79 Å². The number of hydrogen-bond acceptors (Lipinski definition) is 4. The van der Waals surface area contributed by atoms with Gasteiger partial charge in [0.2, 0.25) is 5.91 Å².